The van der Waals surface area contributed by atoms with Gasteiger partial charge >= 0.3 is 6.18 Å². The number of rotatable bonds is 7. The van der Waals surface area contributed by atoms with Gasteiger partial charge in [0.25, 0.3) is 11.8 Å². The van der Waals surface area contributed by atoms with Crippen molar-refractivity contribution >= 4 is 28.7 Å². The summed E-state index contributed by atoms with van der Waals surface area (Å²) in [7, 11) is 1.38. The lowest BCUT2D eigenvalue weighted by molar-refractivity contribution is -0.115. The average Bonchev–Trinajstić information content (AvgIpc) is 3.27. The fraction of sp³-hybridized carbons (Fsp3) is 0.143. The highest BCUT2D eigenvalue weighted by Crippen LogP contribution is 2.38. The molecule has 3 N–H and O–H groups in total. The summed E-state index contributed by atoms with van der Waals surface area (Å²) in [5.41, 5.74) is 3.22. The smallest absolute Gasteiger partial charge is 0.405 e. The number of pyridine rings is 1. The Balaban J connectivity index is 1.70. The fourth-order valence-electron chi connectivity index (χ4n) is 4.08. The second-order valence-electron chi connectivity index (χ2n) is 8.78. The molecule has 0 aliphatic heterocycles. The third-order valence-corrected chi connectivity index (χ3v) is 6.07. The molecule has 2 amide bonds. The van der Waals surface area contributed by atoms with Crippen molar-refractivity contribution in [3.63, 3.8) is 0 Å². The summed E-state index contributed by atoms with van der Waals surface area (Å²) in [5, 5.41) is 7.35. The number of hydrogen-bond donors (Lipinski definition) is 3. The van der Waals surface area contributed by atoms with Gasteiger partial charge < -0.3 is 20.4 Å². The molecule has 2 heterocycles. The average molecular weight is 554 g/mol. The zero-order valence-electron chi connectivity index (χ0n) is 20.7. The van der Waals surface area contributed by atoms with E-state index in [1.807, 2.05) is 0 Å². The van der Waals surface area contributed by atoms with Crippen LogP contribution in [0.3, 0.4) is 0 Å². The zero-order valence-corrected chi connectivity index (χ0v) is 20.7. The van der Waals surface area contributed by atoms with Crippen molar-refractivity contribution in [2.75, 3.05) is 18.9 Å². The molecule has 4 aromatic rings. The molecule has 40 heavy (non-hydrogen) atoms. The van der Waals surface area contributed by atoms with Gasteiger partial charge in [0.05, 0.1) is 22.2 Å². The molecule has 2 aromatic carbocycles. The molecule has 7 nitrogen and oxygen atoms in total. The van der Waals surface area contributed by atoms with E-state index >= 15 is 0 Å². The van der Waals surface area contributed by atoms with E-state index in [0.29, 0.717) is 17.7 Å². The number of anilines is 1. The van der Waals surface area contributed by atoms with E-state index in [4.69, 9.17) is 4.42 Å². The lowest BCUT2D eigenvalue weighted by Crippen LogP contribution is -2.24. The number of amides is 2. The second-order valence-corrected chi connectivity index (χ2v) is 8.78. The Hall–Kier alpha value is -4.96. The zero-order chi connectivity index (χ0) is 28.6. The molecule has 1 aliphatic carbocycles. The first-order chi connectivity index (χ1) is 19.0. The Morgan fingerprint density at radius 2 is 1.73 bits per heavy atom. The molecule has 5 rings (SSSR count). The van der Waals surface area contributed by atoms with E-state index in [9.17, 15) is 31.5 Å². The number of alkyl halides is 3. The summed E-state index contributed by atoms with van der Waals surface area (Å²) in [5.74, 6) is -3.00. The number of carbonyl (C=O) groups is 2. The molecule has 204 valence electrons. The topological polar surface area (TPSA) is 96.3 Å². The molecule has 2 aromatic heterocycles. The summed E-state index contributed by atoms with van der Waals surface area (Å²) < 4.78 is 73.4. The van der Waals surface area contributed by atoms with Crippen molar-refractivity contribution in [1.29, 1.82) is 0 Å². The van der Waals surface area contributed by atoms with Crippen molar-refractivity contribution in [1.82, 2.24) is 15.6 Å². The minimum absolute atomic E-state index is 0.00372. The maximum atomic E-state index is 14.6. The van der Waals surface area contributed by atoms with Crippen LogP contribution in [0.2, 0.25) is 0 Å². The lowest BCUT2D eigenvalue weighted by Gasteiger charge is -2.15. The Morgan fingerprint density at radius 3 is 2.35 bits per heavy atom. The largest absolute Gasteiger partial charge is 0.437 e. The molecule has 0 saturated heterocycles. The number of aromatic nitrogens is 1. The third kappa shape index (κ3) is 5.29. The van der Waals surface area contributed by atoms with Crippen molar-refractivity contribution in [3.05, 3.63) is 88.8 Å². The second kappa shape index (κ2) is 10.3. The van der Waals surface area contributed by atoms with Crippen LogP contribution in [0.5, 0.6) is 0 Å². The first kappa shape index (κ1) is 26.6. The molecule has 0 saturated carbocycles. The molecule has 0 atom stereocenters. The van der Waals surface area contributed by atoms with E-state index in [1.165, 1.54) is 37.4 Å². The van der Waals surface area contributed by atoms with E-state index in [0.717, 1.165) is 18.2 Å². The summed E-state index contributed by atoms with van der Waals surface area (Å²) in [4.78, 5) is 29.8. The van der Waals surface area contributed by atoms with Gasteiger partial charge in [-0.3, -0.25) is 9.59 Å². The van der Waals surface area contributed by atoms with Gasteiger partial charge in [0.1, 0.15) is 29.8 Å². The molecule has 0 bridgehead atoms. The number of nitrogens with zero attached hydrogens (tertiary/aromatic N) is 1. The van der Waals surface area contributed by atoms with Crippen LogP contribution in [0.4, 0.5) is 27.8 Å². The van der Waals surface area contributed by atoms with Crippen molar-refractivity contribution in [2.24, 2.45) is 0 Å². The Labute approximate surface area is 223 Å². The summed E-state index contributed by atoms with van der Waals surface area (Å²) in [6, 6.07) is 9.89. The van der Waals surface area contributed by atoms with Crippen LogP contribution in [0.1, 0.15) is 27.1 Å². The van der Waals surface area contributed by atoms with Crippen LogP contribution in [0.25, 0.3) is 33.6 Å². The molecule has 0 spiro atoms. The molecule has 0 unspecified atom stereocenters. The number of carbonyl (C=O) groups excluding carboxylic acids is 2. The van der Waals surface area contributed by atoms with Gasteiger partial charge in [0.15, 0.2) is 0 Å². The predicted octanol–water partition coefficient (Wildman–Crippen LogP) is 5.95. The SMILES string of the molecule is CNC(=O)c1c(-c2ccc(F)cc2)oc2nc(NCC(F)(F)F)c(-c3ccc(F)c(C(=O)NC4=C=CC4)c3)cc12. The van der Waals surface area contributed by atoms with Gasteiger partial charge in [-0.15, -0.1) is 5.73 Å². The van der Waals surface area contributed by atoms with Crippen LogP contribution < -0.4 is 16.0 Å². The molecular formula is C28H19F5N4O3. The van der Waals surface area contributed by atoms with Gasteiger partial charge in [0.2, 0.25) is 5.71 Å². The minimum Gasteiger partial charge on any atom is -0.437 e. The van der Waals surface area contributed by atoms with Crippen LogP contribution in [-0.4, -0.2) is 36.6 Å². The minimum atomic E-state index is -4.61. The number of halogens is 5. The number of fused-ring (bicyclic) bond motifs is 1. The number of furan rings is 1. The van der Waals surface area contributed by atoms with E-state index in [1.54, 1.807) is 6.08 Å². The van der Waals surface area contributed by atoms with Gasteiger partial charge in [0, 0.05) is 24.6 Å². The van der Waals surface area contributed by atoms with Gasteiger partial charge in [-0.05, 0) is 54.1 Å². The number of benzene rings is 2. The standard InChI is InChI=1S/C28H19F5N4O3/c1-34-26(39)22-20-12-18(15-7-10-21(30)19(11-15)25(38)36-17-3-2-4-17)24(35-13-28(31,32)33)37-27(20)40-23(22)14-5-8-16(29)9-6-14/h2,5-12H,3,13H2,1H3,(H,34,39)(H,35,37)(H,36,38). The normalized spacial score (nSPS) is 12.6. The first-order valence-electron chi connectivity index (χ1n) is 11.9. The summed E-state index contributed by atoms with van der Waals surface area (Å²) in [6.07, 6.45) is -2.48. The summed E-state index contributed by atoms with van der Waals surface area (Å²) in [6.45, 7) is -1.46. The van der Waals surface area contributed by atoms with Crippen LogP contribution in [0.15, 0.2) is 70.5 Å². The quantitative estimate of drug-likeness (QED) is 0.194. The van der Waals surface area contributed by atoms with Crippen LogP contribution in [-0.2, 0) is 0 Å². The Kier molecular flexibility index (Phi) is 6.87. The van der Waals surface area contributed by atoms with Gasteiger partial charge in [-0.25, -0.2) is 8.78 Å². The van der Waals surface area contributed by atoms with Crippen LogP contribution >= 0.6 is 0 Å². The molecule has 12 heteroatoms. The Morgan fingerprint density at radius 1 is 1.02 bits per heavy atom. The van der Waals surface area contributed by atoms with Gasteiger partial charge in [-0.1, -0.05) is 6.07 Å². The van der Waals surface area contributed by atoms with E-state index in [-0.39, 0.29) is 44.9 Å². The molecule has 0 radical (unpaired) electrons. The fourth-order valence-corrected chi connectivity index (χ4v) is 4.08. The molecule has 1 aliphatic rings. The maximum Gasteiger partial charge on any atom is 0.405 e. The van der Waals surface area contributed by atoms with E-state index < -0.39 is 36.2 Å². The van der Waals surface area contributed by atoms with E-state index in [2.05, 4.69) is 26.7 Å². The number of hydrogen-bond acceptors (Lipinski definition) is 5. The molecular weight excluding hydrogens is 535 g/mol. The monoisotopic (exact) mass is 554 g/mol. The van der Waals surface area contributed by atoms with Gasteiger partial charge in [-0.2, -0.15) is 18.2 Å². The van der Waals surface area contributed by atoms with Crippen molar-refractivity contribution < 1.29 is 36.0 Å². The van der Waals surface area contributed by atoms with Crippen molar-refractivity contribution in [2.45, 2.75) is 12.6 Å². The Bertz CT molecular complexity index is 1720. The first-order valence-corrected chi connectivity index (χ1v) is 11.9. The highest BCUT2D eigenvalue weighted by Gasteiger charge is 2.29. The third-order valence-electron chi connectivity index (χ3n) is 6.07. The number of nitrogens with one attached hydrogen (secondary N) is 3. The van der Waals surface area contributed by atoms with Crippen molar-refractivity contribution in [3.8, 4) is 22.5 Å². The highest BCUT2D eigenvalue weighted by molar-refractivity contribution is 6.11. The highest BCUT2D eigenvalue weighted by atomic mass is 19.4. The predicted molar refractivity (Wildman–Crippen MR) is 136 cm³/mol. The lowest BCUT2D eigenvalue weighted by atomic mass is 9.99. The maximum absolute atomic E-state index is 14.6. The summed E-state index contributed by atoms with van der Waals surface area (Å²) >= 11 is 0. The van der Waals surface area contributed by atoms with Crippen LogP contribution in [0, 0.1) is 11.6 Å². The molecule has 0 fully saturated rings.